The first-order valence-electron chi connectivity index (χ1n) is 5.40. The van der Waals surface area contributed by atoms with Gasteiger partial charge in [-0.05, 0) is 18.2 Å². The molecule has 1 amide bonds. The van der Waals surface area contributed by atoms with E-state index in [1.165, 1.54) is 12.7 Å². The molecule has 1 aromatic heterocycles. The third-order valence-electron chi connectivity index (χ3n) is 2.31. The quantitative estimate of drug-likeness (QED) is 0.882. The first kappa shape index (κ1) is 13.4. The zero-order valence-corrected chi connectivity index (χ0v) is 11.4. The minimum Gasteiger partial charge on any atom is -0.487 e. The van der Waals surface area contributed by atoms with E-state index in [2.05, 4.69) is 26.2 Å². The number of rotatable bonds is 5. The normalized spacial score (nSPS) is 10.2. The number of halogens is 1. The van der Waals surface area contributed by atoms with Crippen molar-refractivity contribution >= 4 is 22.0 Å². The molecule has 0 saturated heterocycles. The monoisotopic (exact) mass is 326 g/mol. The second-order valence-corrected chi connectivity index (χ2v) is 4.59. The molecule has 0 fully saturated rings. The first-order chi connectivity index (χ1) is 9.15. The minimum atomic E-state index is -1.08. The maximum Gasteiger partial charge on any atom is 0.404 e. The molecule has 0 aliphatic rings. The molecule has 19 heavy (non-hydrogen) atoms. The number of hydrogen-bond donors (Lipinski definition) is 2. The van der Waals surface area contributed by atoms with Gasteiger partial charge in [0.25, 0.3) is 0 Å². The lowest BCUT2D eigenvalue weighted by Crippen LogP contribution is -2.20. The van der Waals surface area contributed by atoms with Crippen LogP contribution >= 0.6 is 15.9 Å². The number of nitrogens with zero attached hydrogens (tertiary/aromatic N) is 1. The molecule has 100 valence electrons. The topological polar surface area (TPSA) is 84.6 Å². The molecule has 0 spiro atoms. The molecule has 1 heterocycles. The molecule has 0 aliphatic carbocycles. The fourth-order valence-electron chi connectivity index (χ4n) is 1.46. The van der Waals surface area contributed by atoms with Gasteiger partial charge in [0, 0.05) is 16.6 Å². The zero-order chi connectivity index (χ0) is 13.7. The Morgan fingerprint density at radius 1 is 1.53 bits per heavy atom. The van der Waals surface area contributed by atoms with Gasteiger partial charge in [-0.1, -0.05) is 15.9 Å². The maximum absolute atomic E-state index is 10.5. The highest BCUT2D eigenvalue weighted by Crippen LogP contribution is 2.24. The fourth-order valence-corrected chi connectivity index (χ4v) is 1.87. The average molecular weight is 327 g/mol. The molecule has 0 aliphatic heterocycles. The van der Waals surface area contributed by atoms with Crippen molar-refractivity contribution in [3.8, 4) is 5.75 Å². The molecular weight excluding hydrogens is 316 g/mol. The lowest BCUT2D eigenvalue weighted by Gasteiger charge is -2.11. The van der Waals surface area contributed by atoms with Crippen LogP contribution in [0.1, 0.15) is 11.3 Å². The summed E-state index contributed by atoms with van der Waals surface area (Å²) in [5.74, 6) is 0.597. The highest BCUT2D eigenvalue weighted by atomic mass is 79.9. The van der Waals surface area contributed by atoms with Crippen LogP contribution in [-0.2, 0) is 13.2 Å². The van der Waals surface area contributed by atoms with E-state index in [9.17, 15) is 4.79 Å². The summed E-state index contributed by atoms with van der Waals surface area (Å²) in [6, 6.07) is 5.39. The summed E-state index contributed by atoms with van der Waals surface area (Å²) < 4.78 is 11.3. The van der Waals surface area contributed by atoms with Crippen molar-refractivity contribution < 1.29 is 19.1 Å². The Hall–Kier alpha value is -2.02. The van der Waals surface area contributed by atoms with Crippen LogP contribution in [0.25, 0.3) is 0 Å². The summed E-state index contributed by atoms with van der Waals surface area (Å²) in [5, 5.41) is 10.9. The number of amides is 1. The van der Waals surface area contributed by atoms with Gasteiger partial charge in [0.15, 0.2) is 6.39 Å². The summed E-state index contributed by atoms with van der Waals surface area (Å²) in [4.78, 5) is 14.5. The molecule has 0 unspecified atom stereocenters. The standard InChI is InChI=1S/C12H11BrN2O4/c13-9-1-2-11(8(3-9)4-14-12(16)17)19-6-10-5-18-7-15-10/h1-3,5,7,14H,4,6H2,(H,16,17). The highest BCUT2D eigenvalue weighted by Gasteiger charge is 2.07. The van der Waals surface area contributed by atoms with E-state index in [-0.39, 0.29) is 13.2 Å². The first-order valence-corrected chi connectivity index (χ1v) is 6.19. The molecule has 0 bridgehead atoms. The number of carboxylic acid groups (broad SMARTS) is 1. The largest absolute Gasteiger partial charge is 0.487 e. The van der Waals surface area contributed by atoms with Crippen molar-refractivity contribution in [2.45, 2.75) is 13.2 Å². The Morgan fingerprint density at radius 2 is 2.37 bits per heavy atom. The van der Waals surface area contributed by atoms with Crippen LogP contribution in [-0.4, -0.2) is 16.2 Å². The Kier molecular flexibility index (Phi) is 4.40. The average Bonchev–Trinajstić information content (AvgIpc) is 2.88. The number of aromatic nitrogens is 1. The number of hydrogen-bond acceptors (Lipinski definition) is 4. The number of carbonyl (C=O) groups is 1. The molecule has 2 rings (SSSR count). The van der Waals surface area contributed by atoms with E-state index >= 15 is 0 Å². The van der Waals surface area contributed by atoms with Gasteiger partial charge in [0.1, 0.15) is 24.3 Å². The van der Waals surface area contributed by atoms with Crippen molar-refractivity contribution in [2.24, 2.45) is 0 Å². The third-order valence-corrected chi connectivity index (χ3v) is 2.80. The second kappa shape index (κ2) is 6.24. The molecular formula is C12H11BrN2O4. The molecule has 2 aromatic rings. The van der Waals surface area contributed by atoms with Gasteiger partial charge < -0.3 is 19.6 Å². The lowest BCUT2D eigenvalue weighted by atomic mass is 10.2. The number of nitrogens with one attached hydrogen (secondary N) is 1. The Balaban J connectivity index is 2.07. The zero-order valence-electron chi connectivity index (χ0n) is 9.80. The van der Waals surface area contributed by atoms with Crippen LogP contribution in [0.2, 0.25) is 0 Å². The Morgan fingerprint density at radius 3 is 3.05 bits per heavy atom. The molecule has 2 N–H and O–H groups in total. The number of ether oxygens (including phenoxy) is 1. The fraction of sp³-hybridized carbons (Fsp3) is 0.167. The van der Waals surface area contributed by atoms with Crippen molar-refractivity contribution in [1.82, 2.24) is 10.3 Å². The summed E-state index contributed by atoms with van der Waals surface area (Å²) in [6.07, 6.45) is 1.74. The third kappa shape index (κ3) is 3.99. The van der Waals surface area contributed by atoms with Gasteiger partial charge in [-0.2, -0.15) is 0 Å². The predicted molar refractivity (Wildman–Crippen MR) is 69.8 cm³/mol. The van der Waals surface area contributed by atoms with Crippen molar-refractivity contribution in [2.75, 3.05) is 0 Å². The SMILES string of the molecule is O=C(O)NCc1cc(Br)ccc1OCc1cocn1. The van der Waals surface area contributed by atoms with Crippen LogP contribution in [0.5, 0.6) is 5.75 Å². The second-order valence-electron chi connectivity index (χ2n) is 3.68. The molecule has 0 saturated carbocycles. The smallest absolute Gasteiger partial charge is 0.404 e. The number of oxazole rings is 1. The summed E-state index contributed by atoms with van der Waals surface area (Å²) in [6.45, 7) is 0.432. The van der Waals surface area contributed by atoms with Gasteiger partial charge in [0.2, 0.25) is 0 Å². The minimum absolute atomic E-state index is 0.170. The molecule has 6 nitrogen and oxygen atoms in total. The van der Waals surface area contributed by atoms with E-state index in [0.717, 1.165) is 10.0 Å². The molecule has 1 aromatic carbocycles. The van der Waals surface area contributed by atoms with Crippen LogP contribution in [0.15, 0.2) is 39.7 Å². The summed E-state index contributed by atoms with van der Waals surface area (Å²) in [5.41, 5.74) is 1.40. The van der Waals surface area contributed by atoms with Crippen LogP contribution in [0.3, 0.4) is 0 Å². The Bertz CT molecular complexity index is 557. The molecule has 0 radical (unpaired) electrons. The maximum atomic E-state index is 10.5. The molecule has 0 atom stereocenters. The van der Waals surface area contributed by atoms with Gasteiger partial charge in [-0.15, -0.1) is 0 Å². The van der Waals surface area contributed by atoms with Crippen molar-refractivity contribution in [3.63, 3.8) is 0 Å². The highest BCUT2D eigenvalue weighted by molar-refractivity contribution is 9.10. The van der Waals surface area contributed by atoms with E-state index in [1.54, 1.807) is 12.1 Å². The van der Waals surface area contributed by atoms with Crippen LogP contribution < -0.4 is 10.1 Å². The summed E-state index contributed by atoms with van der Waals surface area (Å²) in [7, 11) is 0. The predicted octanol–water partition coefficient (Wildman–Crippen LogP) is 2.78. The van der Waals surface area contributed by atoms with Gasteiger partial charge in [0.05, 0.1) is 0 Å². The van der Waals surface area contributed by atoms with Gasteiger partial charge in [-0.25, -0.2) is 9.78 Å². The van der Waals surface area contributed by atoms with Gasteiger partial charge >= 0.3 is 6.09 Å². The lowest BCUT2D eigenvalue weighted by molar-refractivity contribution is 0.193. The van der Waals surface area contributed by atoms with Crippen molar-refractivity contribution in [3.05, 3.63) is 46.6 Å². The molecule has 7 heteroatoms. The van der Waals surface area contributed by atoms with E-state index < -0.39 is 6.09 Å². The Labute approximate surface area is 117 Å². The van der Waals surface area contributed by atoms with Gasteiger partial charge in [-0.3, -0.25) is 0 Å². The van der Waals surface area contributed by atoms with Crippen LogP contribution in [0.4, 0.5) is 4.79 Å². The van der Waals surface area contributed by atoms with E-state index in [4.69, 9.17) is 14.3 Å². The number of benzene rings is 1. The summed E-state index contributed by atoms with van der Waals surface area (Å²) >= 11 is 3.34. The van der Waals surface area contributed by atoms with E-state index in [0.29, 0.717) is 11.4 Å². The van der Waals surface area contributed by atoms with Crippen molar-refractivity contribution in [1.29, 1.82) is 0 Å². The van der Waals surface area contributed by atoms with E-state index in [1.807, 2.05) is 6.07 Å². The van der Waals surface area contributed by atoms with Crippen LogP contribution in [0, 0.1) is 0 Å².